The second-order valence-corrected chi connectivity index (χ2v) is 9.44. The fourth-order valence-corrected chi connectivity index (χ4v) is 4.64. The van der Waals surface area contributed by atoms with Crippen molar-refractivity contribution in [3.8, 4) is 0 Å². The number of rotatable bonds is 7. The van der Waals surface area contributed by atoms with E-state index in [0.717, 1.165) is 24.5 Å². The molecular formula is C20H25ClN4O3S. The van der Waals surface area contributed by atoms with Gasteiger partial charge in [0.05, 0.1) is 15.5 Å². The third kappa shape index (κ3) is 5.46. The van der Waals surface area contributed by atoms with Gasteiger partial charge in [-0.25, -0.2) is 18.1 Å². The molecule has 0 radical (unpaired) electrons. The third-order valence-corrected chi connectivity index (χ3v) is 6.56. The first-order chi connectivity index (χ1) is 13.8. The number of aromatic nitrogens is 1. The largest absolute Gasteiger partial charge is 0.357 e. The highest BCUT2D eigenvalue weighted by Crippen LogP contribution is 2.21. The molecule has 2 heterocycles. The Bertz CT molecular complexity index is 972. The lowest BCUT2D eigenvalue weighted by Crippen LogP contribution is -2.30. The molecule has 29 heavy (non-hydrogen) atoms. The normalized spacial score (nSPS) is 14.4. The van der Waals surface area contributed by atoms with Crippen LogP contribution in [0.1, 0.15) is 42.6 Å². The molecule has 1 amide bonds. The molecule has 156 valence electrons. The van der Waals surface area contributed by atoms with Gasteiger partial charge in [0.1, 0.15) is 5.82 Å². The number of pyridine rings is 1. The quantitative estimate of drug-likeness (QED) is 0.696. The predicted octanol–water partition coefficient (Wildman–Crippen LogP) is 2.95. The van der Waals surface area contributed by atoms with Crippen LogP contribution in [-0.2, 0) is 16.6 Å². The Kier molecular flexibility index (Phi) is 6.77. The lowest BCUT2D eigenvalue weighted by Gasteiger charge is -2.16. The Balaban J connectivity index is 1.68. The predicted molar refractivity (Wildman–Crippen MR) is 114 cm³/mol. The van der Waals surface area contributed by atoms with E-state index in [9.17, 15) is 13.2 Å². The number of nitrogens with zero attached hydrogens (tertiary/aromatic N) is 2. The molecule has 0 atom stereocenters. The number of sulfonamides is 1. The van der Waals surface area contributed by atoms with E-state index in [1.165, 1.54) is 31.0 Å². The van der Waals surface area contributed by atoms with Crippen LogP contribution >= 0.6 is 11.6 Å². The Morgan fingerprint density at radius 2 is 1.93 bits per heavy atom. The number of anilines is 1. The number of nitrogens with one attached hydrogen (secondary N) is 2. The van der Waals surface area contributed by atoms with E-state index >= 15 is 0 Å². The van der Waals surface area contributed by atoms with Gasteiger partial charge in [-0.1, -0.05) is 17.7 Å². The van der Waals surface area contributed by atoms with Gasteiger partial charge >= 0.3 is 0 Å². The lowest BCUT2D eigenvalue weighted by atomic mass is 10.2. The van der Waals surface area contributed by atoms with Crippen LogP contribution in [-0.4, -0.2) is 38.4 Å². The molecule has 9 heteroatoms. The number of benzene rings is 1. The SMILES string of the molecule is CC(C)NS(=O)(=O)c1ccc(Cl)c(C(=O)NCc2ccc(N3CCCC3)nc2)c1. The Labute approximate surface area is 176 Å². The zero-order chi connectivity index (χ0) is 21.0. The number of amides is 1. The average Bonchev–Trinajstić information content (AvgIpc) is 3.20. The van der Waals surface area contributed by atoms with Crippen molar-refractivity contribution in [2.24, 2.45) is 0 Å². The highest BCUT2D eigenvalue weighted by molar-refractivity contribution is 7.89. The summed E-state index contributed by atoms with van der Waals surface area (Å²) in [6.45, 7) is 5.76. The number of hydrogen-bond donors (Lipinski definition) is 2. The summed E-state index contributed by atoms with van der Waals surface area (Å²) < 4.78 is 27.2. The molecule has 0 bridgehead atoms. The molecule has 2 N–H and O–H groups in total. The maximum absolute atomic E-state index is 12.6. The summed E-state index contributed by atoms with van der Waals surface area (Å²) >= 11 is 6.13. The van der Waals surface area contributed by atoms with Gasteiger partial charge in [-0.2, -0.15) is 0 Å². The van der Waals surface area contributed by atoms with Gasteiger partial charge in [-0.3, -0.25) is 4.79 Å². The minimum atomic E-state index is -3.72. The number of carbonyl (C=O) groups is 1. The number of hydrogen-bond acceptors (Lipinski definition) is 5. The number of carbonyl (C=O) groups excluding carboxylic acids is 1. The van der Waals surface area contributed by atoms with Crippen LogP contribution in [0.3, 0.4) is 0 Å². The van der Waals surface area contributed by atoms with Gasteiger partial charge in [-0.15, -0.1) is 0 Å². The van der Waals surface area contributed by atoms with Gasteiger partial charge in [0.2, 0.25) is 10.0 Å². The van der Waals surface area contributed by atoms with Crippen LogP contribution in [0.2, 0.25) is 5.02 Å². The fourth-order valence-electron chi connectivity index (χ4n) is 3.16. The smallest absolute Gasteiger partial charge is 0.253 e. The van der Waals surface area contributed by atoms with Crippen LogP contribution in [0.4, 0.5) is 5.82 Å². The summed E-state index contributed by atoms with van der Waals surface area (Å²) in [5.74, 6) is 0.497. The van der Waals surface area contributed by atoms with Gasteiger partial charge in [0.25, 0.3) is 5.91 Å². The summed E-state index contributed by atoms with van der Waals surface area (Å²) in [7, 11) is -3.72. The minimum Gasteiger partial charge on any atom is -0.357 e. The molecule has 0 unspecified atom stereocenters. The molecule has 1 aliphatic rings. The molecule has 1 aromatic carbocycles. The van der Waals surface area contributed by atoms with Gasteiger partial charge in [0, 0.05) is 31.9 Å². The van der Waals surface area contributed by atoms with Gasteiger partial charge < -0.3 is 10.2 Å². The average molecular weight is 437 g/mol. The first kappa shape index (κ1) is 21.5. The van der Waals surface area contributed by atoms with E-state index in [4.69, 9.17) is 11.6 Å². The van der Waals surface area contributed by atoms with E-state index in [-0.39, 0.29) is 28.1 Å². The Morgan fingerprint density at radius 1 is 1.21 bits per heavy atom. The molecular weight excluding hydrogens is 412 g/mol. The lowest BCUT2D eigenvalue weighted by molar-refractivity contribution is 0.0951. The van der Waals surface area contributed by atoms with Crippen LogP contribution in [0, 0.1) is 0 Å². The van der Waals surface area contributed by atoms with Crippen molar-refractivity contribution in [3.63, 3.8) is 0 Å². The van der Waals surface area contributed by atoms with E-state index in [2.05, 4.69) is 19.9 Å². The molecule has 1 saturated heterocycles. The van der Waals surface area contributed by atoms with Crippen molar-refractivity contribution in [1.29, 1.82) is 0 Å². The first-order valence-electron chi connectivity index (χ1n) is 9.56. The van der Waals surface area contributed by atoms with Crippen molar-refractivity contribution in [1.82, 2.24) is 15.0 Å². The molecule has 0 aliphatic carbocycles. The van der Waals surface area contributed by atoms with Crippen molar-refractivity contribution < 1.29 is 13.2 Å². The zero-order valence-corrected chi connectivity index (χ0v) is 18.1. The zero-order valence-electron chi connectivity index (χ0n) is 16.5. The molecule has 1 aliphatic heterocycles. The maximum Gasteiger partial charge on any atom is 0.253 e. The van der Waals surface area contributed by atoms with Crippen LogP contribution in [0.15, 0.2) is 41.4 Å². The van der Waals surface area contributed by atoms with Crippen molar-refractivity contribution in [2.75, 3.05) is 18.0 Å². The summed E-state index contributed by atoms with van der Waals surface area (Å²) in [4.78, 5) is 19.3. The van der Waals surface area contributed by atoms with Crippen molar-refractivity contribution >= 4 is 33.3 Å². The maximum atomic E-state index is 12.6. The van der Waals surface area contributed by atoms with Gasteiger partial charge in [0.15, 0.2) is 0 Å². The van der Waals surface area contributed by atoms with E-state index in [1.54, 1.807) is 20.0 Å². The summed E-state index contributed by atoms with van der Waals surface area (Å²) in [5, 5.41) is 2.96. The minimum absolute atomic E-state index is 0.00242. The molecule has 7 nitrogen and oxygen atoms in total. The van der Waals surface area contributed by atoms with E-state index < -0.39 is 15.9 Å². The molecule has 1 aromatic heterocycles. The van der Waals surface area contributed by atoms with Crippen molar-refractivity contribution in [2.45, 2.75) is 44.2 Å². The van der Waals surface area contributed by atoms with Crippen LogP contribution < -0.4 is 14.9 Å². The Morgan fingerprint density at radius 3 is 2.55 bits per heavy atom. The third-order valence-electron chi connectivity index (χ3n) is 4.58. The molecule has 3 rings (SSSR count). The molecule has 2 aromatic rings. The van der Waals surface area contributed by atoms with E-state index in [0.29, 0.717) is 0 Å². The van der Waals surface area contributed by atoms with Crippen LogP contribution in [0.5, 0.6) is 0 Å². The number of halogens is 1. The molecule has 0 saturated carbocycles. The standard InChI is InChI=1S/C20H25ClN4O3S/c1-14(2)24-29(27,28)16-6-7-18(21)17(11-16)20(26)23-13-15-5-8-19(22-12-15)25-9-3-4-10-25/h5-8,11-12,14,24H,3-4,9-10,13H2,1-2H3,(H,23,26). The van der Waals surface area contributed by atoms with Crippen molar-refractivity contribution in [3.05, 3.63) is 52.7 Å². The topological polar surface area (TPSA) is 91.4 Å². The summed E-state index contributed by atoms with van der Waals surface area (Å²) in [6.07, 6.45) is 4.10. The second kappa shape index (κ2) is 9.11. The Hall–Kier alpha value is -2.16. The second-order valence-electron chi connectivity index (χ2n) is 7.32. The highest BCUT2D eigenvalue weighted by Gasteiger charge is 2.19. The highest BCUT2D eigenvalue weighted by atomic mass is 35.5. The summed E-state index contributed by atoms with van der Waals surface area (Å²) in [6, 6.07) is 7.70. The molecule has 1 fully saturated rings. The monoisotopic (exact) mass is 436 g/mol. The first-order valence-corrected chi connectivity index (χ1v) is 11.4. The summed E-state index contributed by atoms with van der Waals surface area (Å²) in [5.41, 5.74) is 0.961. The fraction of sp³-hybridized carbons (Fsp3) is 0.400. The molecule has 0 spiro atoms. The van der Waals surface area contributed by atoms with Gasteiger partial charge in [-0.05, 0) is 56.5 Å². The van der Waals surface area contributed by atoms with Crippen LogP contribution in [0.25, 0.3) is 0 Å². The van der Waals surface area contributed by atoms with E-state index in [1.807, 2.05) is 12.1 Å².